The number of hydrogen-bond donors (Lipinski definition) is 0. The topological polar surface area (TPSA) is 89.5 Å². The summed E-state index contributed by atoms with van der Waals surface area (Å²) in [6.45, 7) is 2.72. The van der Waals surface area contributed by atoms with Crippen molar-refractivity contribution in [2.45, 2.75) is 57.8 Å². The van der Waals surface area contributed by atoms with Crippen LogP contribution in [-0.2, 0) is 20.7 Å². The van der Waals surface area contributed by atoms with E-state index < -0.39 is 0 Å². The Bertz CT molecular complexity index is 1150. The van der Waals surface area contributed by atoms with E-state index in [0.717, 1.165) is 48.8 Å². The molecule has 0 aromatic heterocycles. The van der Waals surface area contributed by atoms with Crippen molar-refractivity contribution in [1.29, 1.82) is 0 Å². The van der Waals surface area contributed by atoms with E-state index in [9.17, 15) is 9.59 Å². The largest absolute Gasteiger partial charge is 0.493 e. The molecule has 0 saturated carbocycles. The van der Waals surface area contributed by atoms with Crippen LogP contribution in [0.5, 0.6) is 28.7 Å². The fourth-order valence-electron chi connectivity index (χ4n) is 5.72. The molecule has 2 aromatic carbocycles. The molecule has 1 fully saturated rings. The van der Waals surface area contributed by atoms with Crippen molar-refractivity contribution in [3.63, 3.8) is 0 Å². The minimum Gasteiger partial charge on any atom is -0.493 e. The van der Waals surface area contributed by atoms with E-state index in [1.165, 1.54) is 20.6 Å². The lowest BCUT2D eigenvalue weighted by molar-refractivity contribution is -0.141. The van der Waals surface area contributed by atoms with Crippen LogP contribution in [0.4, 0.5) is 0 Å². The first-order valence-electron chi connectivity index (χ1n) is 13.1. The van der Waals surface area contributed by atoms with Crippen LogP contribution in [-0.4, -0.2) is 39.6 Å². The van der Waals surface area contributed by atoms with Gasteiger partial charge in [-0.05, 0) is 53.8 Å². The smallest absolute Gasteiger partial charge is 0.311 e. The predicted octanol–water partition coefficient (Wildman–Crippen LogP) is 5.18. The zero-order valence-corrected chi connectivity index (χ0v) is 21.7. The summed E-state index contributed by atoms with van der Waals surface area (Å²) >= 11 is 0. The number of carbonyl (C=O) groups is 2. The van der Waals surface area contributed by atoms with Gasteiger partial charge in [-0.3, -0.25) is 9.59 Å². The summed E-state index contributed by atoms with van der Waals surface area (Å²) in [7, 11) is 3.06. The van der Waals surface area contributed by atoms with E-state index in [4.69, 9.17) is 28.4 Å². The number of fused-ring (bicyclic) bond motifs is 3. The molecule has 8 nitrogen and oxygen atoms in total. The Kier molecular flexibility index (Phi) is 7.44. The Morgan fingerprint density at radius 2 is 1.65 bits per heavy atom. The van der Waals surface area contributed by atoms with E-state index in [0.29, 0.717) is 36.0 Å². The highest BCUT2D eigenvalue weighted by atomic mass is 16.7. The van der Waals surface area contributed by atoms with Gasteiger partial charge in [-0.1, -0.05) is 32.6 Å². The highest BCUT2D eigenvalue weighted by Crippen LogP contribution is 2.52. The standard InChI is InChI=1S/C29H34O8/c1-4-5-6-7-8-9-25(30)37-28-23(32-2)12-18(13-24(28)33-3)26-20-14-22-21(35-16-36-22)11-17(20)10-19-15-34-29(31)27(19)26/h11-14,19,26-27H,4-10,15-16H2,1-3H3/t19-,26+,27-/m0/s1. The number of rotatable bonds is 10. The second-order valence-corrected chi connectivity index (χ2v) is 9.89. The van der Waals surface area contributed by atoms with Crippen LogP contribution in [0.3, 0.4) is 0 Å². The van der Waals surface area contributed by atoms with Gasteiger partial charge in [0.05, 0.1) is 26.7 Å². The van der Waals surface area contributed by atoms with Crippen molar-refractivity contribution in [1.82, 2.24) is 0 Å². The minimum atomic E-state index is -0.348. The normalized spacial score (nSPS) is 21.2. The zero-order valence-electron chi connectivity index (χ0n) is 21.7. The molecule has 0 bridgehead atoms. The molecule has 3 atom stereocenters. The van der Waals surface area contributed by atoms with Crippen molar-refractivity contribution in [3.8, 4) is 28.7 Å². The first kappa shape index (κ1) is 25.2. The average Bonchev–Trinajstić information content (AvgIpc) is 3.51. The molecule has 0 amide bonds. The Morgan fingerprint density at radius 3 is 2.35 bits per heavy atom. The molecule has 3 aliphatic rings. The Labute approximate surface area is 217 Å². The molecule has 198 valence electrons. The molecule has 0 N–H and O–H groups in total. The van der Waals surface area contributed by atoms with Crippen LogP contribution < -0.4 is 23.7 Å². The summed E-state index contributed by atoms with van der Waals surface area (Å²) in [5.41, 5.74) is 2.91. The summed E-state index contributed by atoms with van der Waals surface area (Å²) in [5, 5.41) is 0. The quantitative estimate of drug-likeness (QED) is 0.246. The number of carbonyl (C=O) groups excluding carboxylic acids is 2. The average molecular weight is 511 g/mol. The van der Waals surface area contributed by atoms with Crippen LogP contribution in [0.1, 0.15) is 68.1 Å². The van der Waals surface area contributed by atoms with Gasteiger partial charge < -0.3 is 28.4 Å². The molecule has 37 heavy (non-hydrogen) atoms. The second kappa shape index (κ2) is 10.9. The van der Waals surface area contributed by atoms with Gasteiger partial charge in [-0.25, -0.2) is 0 Å². The molecule has 0 spiro atoms. The number of ether oxygens (including phenoxy) is 6. The molecule has 8 heteroatoms. The van der Waals surface area contributed by atoms with Gasteiger partial charge in [-0.2, -0.15) is 0 Å². The summed E-state index contributed by atoms with van der Waals surface area (Å²) in [6, 6.07) is 7.64. The number of esters is 2. The molecule has 1 saturated heterocycles. The van der Waals surface area contributed by atoms with E-state index in [1.807, 2.05) is 24.3 Å². The number of methoxy groups -OCH3 is 2. The number of unbranched alkanes of at least 4 members (excludes halogenated alkanes) is 4. The number of cyclic esters (lactones) is 1. The van der Waals surface area contributed by atoms with Crippen LogP contribution in [0.25, 0.3) is 0 Å². The molecular weight excluding hydrogens is 476 g/mol. The van der Waals surface area contributed by atoms with Crippen molar-refractivity contribution in [2.75, 3.05) is 27.6 Å². The van der Waals surface area contributed by atoms with E-state index in [2.05, 4.69) is 6.92 Å². The van der Waals surface area contributed by atoms with Crippen LogP contribution >= 0.6 is 0 Å². The first-order valence-corrected chi connectivity index (χ1v) is 13.1. The predicted molar refractivity (Wildman–Crippen MR) is 135 cm³/mol. The third-order valence-electron chi connectivity index (χ3n) is 7.57. The molecule has 2 aliphatic heterocycles. The fourth-order valence-corrected chi connectivity index (χ4v) is 5.72. The maximum absolute atomic E-state index is 12.9. The maximum atomic E-state index is 12.9. The third kappa shape index (κ3) is 4.93. The number of benzene rings is 2. The van der Waals surface area contributed by atoms with Gasteiger partial charge >= 0.3 is 11.9 Å². The van der Waals surface area contributed by atoms with Crippen LogP contribution in [0.2, 0.25) is 0 Å². The molecule has 0 unspecified atom stereocenters. The molecule has 2 heterocycles. The van der Waals surface area contributed by atoms with Gasteiger partial charge in [0.25, 0.3) is 0 Å². The van der Waals surface area contributed by atoms with Crippen LogP contribution in [0.15, 0.2) is 24.3 Å². The van der Waals surface area contributed by atoms with Gasteiger partial charge in [-0.15, -0.1) is 0 Å². The highest BCUT2D eigenvalue weighted by molar-refractivity contribution is 5.79. The summed E-state index contributed by atoms with van der Waals surface area (Å²) in [5.74, 6) is 1.25. The van der Waals surface area contributed by atoms with Crippen LogP contribution in [0, 0.1) is 11.8 Å². The van der Waals surface area contributed by atoms with Crippen molar-refractivity contribution in [2.24, 2.45) is 11.8 Å². The van der Waals surface area contributed by atoms with Crippen molar-refractivity contribution < 1.29 is 38.0 Å². The Morgan fingerprint density at radius 1 is 0.946 bits per heavy atom. The summed E-state index contributed by atoms with van der Waals surface area (Å²) in [6.07, 6.45) is 6.26. The van der Waals surface area contributed by atoms with Crippen molar-refractivity contribution >= 4 is 11.9 Å². The Balaban J connectivity index is 1.48. The zero-order chi connectivity index (χ0) is 25.9. The third-order valence-corrected chi connectivity index (χ3v) is 7.57. The molecule has 1 aliphatic carbocycles. The number of hydrogen-bond acceptors (Lipinski definition) is 8. The lowest BCUT2D eigenvalue weighted by Gasteiger charge is -2.34. The monoisotopic (exact) mass is 510 g/mol. The SMILES string of the molecule is CCCCCCCC(=O)Oc1c(OC)cc([C@@H]2c3cc4c(cc3C[C@H]3COC(=O)[C@@H]32)OCO4)cc1OC. The van der Waals surface area contributed by atoms with Gasteiger partial charge in [0.1, 0.15) is 0 Å². The molecule has 5 rings (SSSR count). The fraction of sp³-hybridized carbons (Fsp3) is 0.517. The van der Waals surface area contributed by atoms with Crippen molar-refractivity contribution in [3.05, 3.63) is 41.0 Å². The van der Waals surface area contributed by atoms with E-state index in [1.54, 1.807) is 0 Å². The minimum absolute atomic E-state index is 0.0487. The lowest BCUT2D eigenvalue weighted by Crippen LogP contribution is -2.31. The van der Waals surface area contributed by atoms with Gasteiger partial charge in [0.2, 0.25) is 12.5 Å². The first-order chi connectivity index (χ1) is 18.0. The van der Waals surface area contributed by atoms with Gasteiger partial charge in [0.15, 0.2) is 23.0 Å². The molecule has 2 aromatic rings. The molecular formula is C29H34O8. The summed E-state index contributed by atoms with van der Waals surface area (Å²) in [4.78, 5) is 25.5. The Hall–Kier alpha value is -3.42. The lowest BCUT2D eigenvalue weighted by atomic mass is 9.67. The second-order valence-electron chi connectivity index (χ2n) is 9.89. The maximum Gasteiger partial charge on any atom is 0.311 e. The summed E-state index contributed by atoms with van der Waals surface area (Å²) < 4.78 is 33.8. The molecule has 0 radical (unpaired) electrons. The van der Waals surface area contributed by atoms with Gasteiger partial charge in [0, 0.05) is 18.3 Å². The highest BCUT2D eigenvalue weighted by Gasteiger charge is 2.48. The van der Waals surface area contributed by atoms with E-state index >= 15 is 0 Å². The van der Waals surface area contributed by atoms with E-state index in [-0.39, 0.29) is 42.2 Å².